The molecule has 2 aromatic heterocycles. The number of anilines is 5. The quantitative estimate of drug-likeness (QED) is 0.254. The van der Waals surface area contributed by atoms with E-state index in [-0.39, 0.29) is 11.8 Å². The Morgan fingerprint density at radius 1 is 1.02 bits per heavy atom. The minimum atomic E-state index is -3.55. The predicted molar refractivity (Wildman–Crippen MR) is 168 cm³/mol. The third-order valence-corrected chi connectivity index (χ3v) is 10.2. The zero-order chi connectivity index (χ0) is 30.0. The number of pyridine rings is 1. The molecule has 4 aromatic rings. The van der Waals surface area contributed by atoms with Gasteiger partial charge in [-0.15, -0.1) is 0 Å². The van der Waals surface area contributed by atoms with Gasteiger partial charge in [-0.05, 0) is 85.5 Å². The van der Waals surface area contributed by atoms with Gasteiger partial charge in [0.1, 0.15) is 5.02 Å². The number of carbonyl (C=O) groups excluding carboxylic acids is 1. The lowest BCUT2D eigenvalue weighted by atomic mass is 9.94. The van der Waals surface area contributed by atoms with Crippen molar-refractivity contribution < 1.29 is 13.2 Å². The van der Waals surface area contributed by atoms with Gasteiger partial charge in [0.25, 0.3) is 0 Å². The number of rotatable bonds is 5. The van der Waals surface area contributed by atoms with Gasteiger partial charge in [0.05, 0.1) is 23.0 Å². The maximum absolute atomic E-state index is 13.2. The molecule has 12 heteroatoms. The fourth-order valence-electron chi connectivity index (χ4n) is 5.55. The standard InChI is InChI=1S/C31H32ClN7O3S/c1-20-4-2-3-5-28(20)43(41,42)39-12-10-21(11-13-39)15-29(40)37-27-9-8-24-16-23(27)7-6-22-14-25(18-33-17-22)36-31-34-19-26(32)30(35-24)38-31/h2-5,8-9,14,16-19,21H,6-7,10-13,15H2,1H3,(H,37,40)(H2,34,35,36,38). The normalized spacial score (nSPS) is 15.7. The van der Waals surface area contributed by atoms with Crippen LogP contribution in [0, 0.1) is 12.8 Å². The van der Waals surface area contributed by atoms with Crippen molar-refractivity contribution in [3.63, 3.8) is 0 Å². The molecule has 0 saturated carbocycles. The van der Waals surface area contributed by atoms with Crippen LogP contribution in [-0.4, -0.2) is 46.7 Å². The highest BCUT2D eigenvalue weighted by molar-refractivity contribution is 7.89. The maximum atomic E-state index is 13.2. The van der Waals surface area contributed by atoms with E-state index in [4.69, 9.17) is 11.6 Å². The van der Waals surface area contributed by atoms with Gasteiger partial charge in [-0.25, -0.2) is 13.4 Å². The molecule has 43 heavy (non-hydrogen) atoms. The number of hydrogen-bond acceptors (Lipinski definition) is 8. The molecule has 0 spiro atoms. The Hall–Kier alpha value is -4.06. The van der Waals surface area contributed by atoms with Crippen LogP contribution in [0.2, 0.25) is 5.02 Å². The smallest absolute Gasteiger partial charge is 0.243 e. The summed E-state index contributed by atoms with van der Waals surface area (Å²) in [5.41, 5.74) is 5.01. The summed E-state index contributed by atoms with van der Waals surface area (Å²) in [5.74, 6) is 0.870. The van der Waals surface area contributed by atoms with Crippen LogP contribution in [0.5, 0.6) is 0 Å². The van der Waals surface area contributed by atoms with E-state index in [1.54, 1.807) is 18.3 Å². The number of aromatic nitrogens is 3. The van der Waals surface area contributed by atoms with Crippen LogP contribution in [0.15, 0.2) is 72.0 Å². The van der Waals surface area contributed by atoms with E-state index in [1.165, 1.54) is 10.5 Å². The van der Waals surface area contributed by atoms with Crippen LogP contribution in [0.1, 0.15) is 36.0 Å². The number of halogens is 1. The zero-order valence-corrected chi connectivity index (χ0v) is 25.3. The number of aryl methyl sites for hydroxylation is 3. The van der Waals surface area contributed by atoms with Crippen molar-refractivity contribution in [2.75, 3.05) is 29.0 Å². The van der Waals surface area contributed by atoms with Gasteiger partial charge in [0.15, 0.2) is 5.82 Å². The minimum Gasteiger partial charge on any atom is -0.339 e. The van der Waals surface area contributed by atoms with Crippen LogP contribution in [-0.2, 0) is 27.7 Å². The molecule has 6 rings (SSSR count). The molecule has 0 atom stereocenters. The lowest BCUT2D eigenvalue weighted by Crippen LogP contribution is -2.39. The molecule has 222 valence electrons. The molecule has 1 fully saturated rings. The second-order valence-corrected chi connectivity index (χ2v) is 13.3. The largest absolute Gasteiger partial charge is 0.339 e. The second-order valence-electron chi connectivity index (χ2n) is 11.0. The Morgan fingerprint density at radius 2 is 1.84 bits per heavy atom. The molecule has 3 N–H and O–H groups in total. The number of nitrogens with one attached hydrogen (secondary N) is 3. The molecule has 6 bridgehead atoms. The van der Waals surface area contributed by atoms with Crippen LogP contribution in [0.4, 0.5) is 28.8 Å². The number of piperidine rings is 1. The number of sulfonamides is 1. The summed E-state index contributed by atoms with van der Waals surface area (Å²) in [7, 11) is -3.55. The first-order valence-corrected chi connectivity index (χ1v) is 16.1. The van der Waals surface area contributed by atoms with Crippen LogP contribution in [0.3, 0.4) is 0 Å². The van der Waals surface area contributed by atoms with E-state index in [2.05, 4.69) is 30.9 Å². The van der Waals surface area contributed by atoms with Crippen molar-refractivity contribution in [3.05, 3.63) is 88.8 Å². The highest BCUT2D eigenvalue weighted by Crippen LogP contribution is 2.31. The van der Waals surface area contributed by atoms with Gasteiger partial charge in [-0.2, -0.15) is 9.29 Å². The fraction of sp³-hybridized carbons (Fsp3) is 0.290. The van der Waals surface area contributed by atoms with E-state index >= 15 is 0 Å². The van der Waals surface area contributed by atoms with Gasteiger partial charge in [0.2, 0.25) is 21.9 Å². The van der Waals surface area contributed by atoms with Crippen molar-refractivity contribution in [2.45, 2.75) is 43.9 Å². The number of benzene rings is 2. The molecule has 0 aliphatic carbocycles. The third-order valence-electron chi connectivity index (χ3n) is 7.88. The second kappa shape index (κ2) is 12.3. The molecule has 1 amide bonds. The maximum Gasteiger partial charge on any atom is 0.243 e. The Morgan fingerprint density at radius 3 is 2.65 bits per heavy atom. The van der Waals surface area contributed by atoms with E-state index < -0.39 is 10.0 Å². The highest BCUT2D eigenvalue weighted by Gasteiger charge is 2.31. The Labute approximate surface area is 256 Å². The third kappa shape index (κ3) is 6.64. The Kier molecular flexibility index (Phi) is 8.29. The number of fused-ring (bicyclic) bond motifs is 6. The molecule has 4 heterocycles. The molecule has 0 unspecified atom stereocenters. The van der Waals surface area contributed by atoms with Crippen molar-refractivity contribution in [1.82, 2.24) is 19.3 Å². The highest BCUT2D eigenvalue weighted by atomic mass is 35.5. The number of amides is 1. The van der Waals surface area contributed by atoms with Gasteiger partial charge in [0, 0.05) is 37.1 Å². The first-order chi connectivity index (χ1) is 20.7. The van der Waals surface area contributed by atoms with Crippen molar-refractivity contribution >= 4 is 56.4 Å². The van der Waals surface area contributed by atoms with E-state index in [0.29, 0.717) is 66.9 Å². The van der Waals surface area contributed by atoms with Crippen LogP contribution < -0.4 is 16.0 Å². The first-order valence-electron chi connectivity index (χ1n) is 14.2. The summed E-state index contributed by atoms with van der Waals surface area (Å²) in [6, 6.07) is 14.8. The van der Waals surface area contributed by atoms with Crippen molar-refractivity contribution in [2.24, 2.45) is 5.92 Å². The first kappa shape index (κ1) is 29.0. The number of carbonyl (C=O) groups is 1. The SMILES string of the molecule is Cc1ccccc1S(=O)(=O)N1CCC(CC(=O)Nc2ccc3cc2CCc2cncc(c2)Nc2ncc(Cl)c(n2)N3)CC1. The van der Waals surface area contributed by atoms with Crippen molar-refractivity contribution in [1.29, 1.82) is 0 Å². The fourth-order valence-corrected chi connectivity index (χ4v) is 7.39. The number of hydrogen-bond donors (Lipinski definition) is 3. The number of nitrogens with zero attached hydrogens (tertiary/aromatic N) is 4. The molecule has 2 aromatic carbocycles. The summed E-state index contributed by atoms with van der Waals surface area (Å²) in [4.78, 5) is 26.7. The van der Waals surface area contributed by atoms with E-state index in [0.717, 1.165) is 33.8 Å². The monoisotopic (exact) mass is 617 g/mol. The van der Waals surface area contributed by atoms with Crippen LogP contribution >= 0.6 is 11.6 Å². The Balaban J connectivity index is 1.15. The van der Waals surface area contributed by atoms with E-state index in [1.807, 2.05) is 49.5 Å². The summed E-state index contributed by atoms with van der Waals surface area (Å²) in [6.45, 7) is 2.61. The van der Waals surface area contributed by atoms with Gasteiger partial charge < -0.3 is 16.0 Å². The minimum absolute atomic E-state index is 0.0866. The molecule has 10 nitrogen and oxygen atoms in total. The lowest BCUT2D eigenvalue weighted by molar-refractivity contribution is -0.117. The average molecular weight is 618 g/mol. The molecular weight excluding hydrogens is 586 g/mol. The molecule has 1 saturated heterocycles. The lowest BCUT2D eigenvalue weighted by Gasteiger charge is -2.31. The van der Waals surface area contributed by atoms with E-state index in [9.17, 15) is 13.2 Å². The molecular formula is C31H32ClN7O3S. The van der Waals surface area contributed by atoms with Gasteiger partial charge in [-0.3, -0.25) is 9.78 Å². The van der Waals surface area contributed by atoms with Gasteiger partial charge in [-0.1, -0.05) is 29.8 Å². The summed E-state index contributed by atoms with van der Waals surface area (Å²) in [5, 5.41) is 9.94. The molecule has 2 aliphatic rings. The zero-order valence-electron chi connectivity index (χ0n) is 23.7. The summed E-state index contributed by atoms with van der Waals surface area (Å²) >= 11 is 6.38. The Bertz CT molecular complexity index is 1780. The molecule has 2 aliphatic heterocycles. The van der Waals surface area contributed by atoms with Gasteiger partial charge >= 0.3 is 0 Å². The average Bonchev–Trinajstić information content (AvgIpc) is 2.99. The predicted octanol–water partition coefficient (Wildman–Crippen LogP) is 5.85. The topological polar surface area (TPSA) is 129 Å². The molecule has 0 radical (unpaired) electrons. The summed E-state index contributed by atoms with van der Waals surface area (Å²) < 4.78 is 27.9. The van der Waals surface area contributed by atoms with Crippen molar-refractivity contribution in [3.8, 4) is 0 Å². The van der Waals surface area contributed by atoms with Crippen LogP contribution in [0.25, 0.3) is 0 Å². The summed E-state index contributed by atoms with van der Waals surface area (Å²) in [6.07, 6.45) is 8.04.